The number of unbranched alkanes of at least 4 members (excludes halogenated alkanes) is 7. The van der Waals surface area contributed by atoms with E-state index in [0.29, 0.717) is 39.9 Å². The number of likely N-dealkylation sites (tertiary alicyclic amines) is 3. The second kappa shape index (κ2) is 51.3. The van der Waals surface area contributed by atoms with Crippen molar-refractivity contribution in [2.45, 2.75) is 175 Å². The first kappa shape index (κ1) is 111. The number of primary amides is 2. The number of carbonyl (C=O) groups excluding carboxylic acids is 5. The van der Waals surface area contributed by atoms with Gasteiger partial charge in [0.15, 0.2) is 0 Å². The van der Waals surface area contributed by atoms with Crippen LogP contribution in [0.4, 0.5) is 45.6 Å². The number of alkyl halides is 8. The molecule has 5 amide bonds. The van der Waals surface area contributed by atoms with E-state index in [0.717, 1.165) is 131 Å². The van der Waals surface area contributed by atoms with Gasteiger partial charge in [0.25, 0.3) is 11.8 Å². The van der Waals surface area contributed by atoms with E-state index < -0.39 is 90.2 Å². The number of imide groups is 1. The molecule has 16 nitrogen and oxygen atoms in total. The first-order valence-electron chi connectivity index (χ1n) is 53.4. The predicted octanol–water partition coefficient (Wildman–Crippen LogP) is 24.2. The Labute approximate surface area is 874 Å². The van der Waals surface area contributed by atoms with E-state index in [2.05, 4.69) is 157 Å². The number of hydrogen-bond acceptors (Lipinski definition) is 11. The molecule has 11 aromatic rings. The number of piperidine rings is 1. The SMILES string of the molecule is CN(CCC=C1c2ccccc2CCc2ccccc21)CCCCCCCCCN(C)CCC=C1c2ccccc2CCc2ccccc21.C[N+](C)(CCCCN1CCC(OC(=O)Nc2ccccc2-c2ccccc2)CC1)CCN1C(=O)c2ccccc2C1=O.NC(=O)C(c1ccccc1)(c1ccccc1)C1CCN(CCC(F)(F)C(F)(F)C(F)(F)C(F)(F)CCN2CCC(C(C(N)=O)(c3ccccc3)c3ccccc3)C2)C1. The van der Waals surface area contributed by atoms with Gasteiger partial charge in [-0.2, -0.15) is 35.1 Å². The van der Waals surface area contributed by atoms with Crippen molar-refractivity contribution in [1.29, 1.82) is 0 Å². The summed E-state index contributed by atoms with van der Waals surface area (Å²) in [5.41, 5.74) is 29.7. The lowest BCUT2D eigenvalue weighted by molar-refractivity contribution is -0.889. The molecule has 5 N–H and O–H groups in total. The van der Waals surface area contributed by atoms with E-state index in [1.807, 2.05) is 54.6 Å². The van der Waals surface area contributed by atoms with Gasteiger partial charge in [0.2, 0.25) is 11.8 Å². The van der Waals surface area contributed by atoms with Crippen molar-refractivity contribution < 1.29 is 68.3 Å². The number of fused-ring (bicyclic) bond motifs is 5. The summed E-state index contributed by atoms with van der Waals surface area (Å²) < 4.78 is 129. The number of aryl methyl sites for hydroxylation is 4. The smallest absolute Gasteiger partial charge is 0.411 e. The summed E-state index contributed by atoms with van der Waals surface area (Å²) in [7, 11) is 8.91. The van der Waals surface area contributed by atoms with Crippen molar-refractivity contribution in [2.75, 3.05) is 138 Å². The van der Waals surface area contributed by atoms with Crippen LogP contribution in [0.2, 0.25) is 0 Å². The zero-order valence-corrected chi connectivity index (χ0v) is 86.6. The number of quaternary nitrogens is 1. The quantitative estimate of drug-likeness (QED) is 0.0143. The molecular formula is C125H145F8N10O6+. The number of halogens is 8. The van der Waals surface area contributed by atoms with Gasteiger partial charge in [0.1, 0.15) is 16.9 Å². The number of anilines is 1. The number of carbonyl (C=O) groups is 5. The lowest BCUT2D eigenvalue weighted by Gasteiger charge is -2.39. The summed E-state index contributed by atoms with van der Waals surface area (Å²) in [6.45, 7) is 7.88. The Balaban J connectivity index is 0.000000169. The first-order valence-corrected chi connectivity index (χ1v) is 53.4. The Morgan fingerprint density at radius 2 is 0.705 bits per heavy atom. The molecule has 4 heterocycles. The Kier molecular flexibility index (Phi) is 38.1. The molecule has 0 aromatic heterocycles. The van der Waals surface area contributed by atoms with Crippen LogP contribution >= 0.6 is 0 Å². The number of rotatable bonds is 44. The molecule has 24 heteroatoms. The monoisotopic (exact) mass is 2030 g/mol. The summed E-state index contributed by atoms with van der Waals surface area (Å²) in [5, 5.41) is 2.94. The fourth-order valence-corrected chi connectivity index (χ4v) is 23.0. The van der Waals surface area contributed by atoms with Crippen LogP contribution in [0.25, 0.3) is 22.3 Å². The third-order valence-electron chi connectivity index (χ3n) is 31.5. The molecule has 149 heavy (non-hydrogen) atoms. The number of para-hydroxylation sites is 1. The van der Waals surface area contributed by atoms with Crippen molar-refractivity contribution in [2.24, 2.45) is 23.3 Å². The Morgan fingerprint density at radius 3 is 1.08 bits per heavy atom. The minimum Gasteiger partial charge on any atom is -0.446 e. The minimum atomic E-state index is -6.43. The van der Waals surface area contributed by atoms with Crippen LogP contribution in [0.5, 0.6) is 0 Å². The van der Waals surface area contributed by atoms with Crippen LogP contribution in [0.3, 0.4) is 0 Å². The number of ether oxygens (including phenoxy) is 1. The maximum absolute atomic E-state index is 15.3. The Morgan fingerprint density at radius 1 is 0.376 bits per heavy atom. The van der Waals surface area contributed by atoms with Gasteiger partial charge < -0.3 is 45.2 Å². The van der Waals surface area contributed by atoms with Gasteiger partial charge in [-0.3, -0.25) is 29.4 Å². The fourth-order valence-electron chi connectivity index (χ4n) is 23.0. The summed E-state index contributed by atoms with van der Waals surface area (Å²) in [6, 6.07) is 95.1. The van der Waals surface area contributed by atoms with Gasteiger partial charge in [-0.05, 0) is 250 Å². The molecule has 2 atom stereocenters. The number of nitrogens with one attached hydrogen (secondary N) is 1. The van der Waals surface area contributed by atoms with Crippen LogP contribution in [-0.4, -0.2) is 226 Å². The van der Waals surface area contributed by atoms with Crippen LogP contribution in [0.1, 0.15) is 197 Å². The topological polar surface area (TPSA) is 178 Å². The number of amides is 5. The Hall–Kier alpha value is -12.6. The highest BCUT2D eigenvalue weighted by Crippen LogP contribution is 2.56. The summed E-state index contributed by atoms with van der Waals surface area (Å²) >= 11 is 0. The lowest BCUT2D eigenvalue weighted by Crippen LogP contribution is -2.63. The van der Waals surface area contributed by atoms with Crippen LogP contribution in [0, 0.1) is 11.8 Å². The molecule has 0 bridgehead atoms. The van der Waals surface area contributed by atoms with E-state index in [-0.39, 0.29) is 56.9 Å². The summed E-state index contributed by atoms with van der Waals surface area (Å²) in [5.74, 6) is -27.0. The van der Waals surface area contributed by atoms with Crippen LogP contribution in [0.15, 0.2) is 309 Å². The number of benzene rings is 11. The largest absolute Gasteiger partial charge is 0.446 e. The van der Waals surface area contributed by atoms with Crippen molar-refractivity contribution >= 4 is 46.6 Å². The molecule has 786 valence electrons. The van der Waals surface area contributed by atoms with Crippen molar-refractivity contribution in [1.82, 2.24) is 29.4 Å². The molecule has 17 rings (SSSR count). The molecule has 3 saturated heterocycles. The van der Waals surface area contributed by atoms with Gasteiger partial charge >= 0.3 is 29.8 Å². The van der Waals surface area contributed by atoms with E-state index in [4.69, 9.17) is 16.2 Å². The molecule has 6 aliphatic rings. The maximum atomic E-state index is 15.3. The number of nitrogens with two attached hydrogens (primary N) is 2. The average molecular weight is 2040 g/mol. The van der Waals surface area contributed by atoms with Crippen LogP contribution in [-0.2, 0) is 50.8 Å². The van der Waals surface area contributed by atoms with Gasteiger partial charge in [-0.15, -0.1) is 0 Å². The molecule has 11 aromatic carbocycles. The highest BCUT2D eigenvalue weighted by atomic mass is 19.4. The number of likely N-dealkylation sites (N-methyl/N-ethyl adjacent to an activating group) is 1. The zero-order valence-electron chi connectivity index (χ0n) is 86.6. The second-order valence-electron chi connectivity index (χ2n) is 41.8. The summed E-state index contributed by atoms with van der Waals surface area (Å²) in [6.07, 6.45) is 21.3. The van der Waals surface area contributed by atoms with Crippen molar-refractivity contribution in [3.63, 3.8) is 0 Å². The van der Waals surface area contributed by atoms with Crippen molar-refractivity contribution in [3.05, 3.63) is 387 Å². The predicted molar refractivity (Wildman–Crippen MR) is 579 cm³/mol. The normalized spacial score (nSPS) is 16.4. The zero-order chi connectivity index (χ0) is 105. The molecule has 0 saturated carbocycles. The van der Waals surface area contributed by atoms with Crippen molar-refractivity contribution in [3.8, 4) is 11.1 Å². The fraction of sp³-hybridized carbons (Fsp3) is 0.400. The van der Waals surface area contributed by atoms with Gasteiger partial charge in [0, 0.05) is 70.8 Å². The molecule has 4 aliphatic heterocycles. The molecule has 2 aliphatic carbocycles. The third kappa shape index (κ3) is 26.7. The highest BCUT2D eigenvalue weighted by Gasteiger charge is 2.80. The molecule has 0 radical (unpaired) electrons. The van der Waals surface area contributed by atoms with E-state index in [1.165, 1.54) is 128 Å². The standard InChI is InChI=1S/C47H58N2.C44H46F8N4O2.C34H40N4O4/c1-48(36-18-28-46-42-24-12-8-20-38(42)30-31-39-21-9-13-25-43(39)46)34-16-6-4-3-5-7-17-35-49(2)37-19-29-47-44-26-14-10-22-40(44)32-33-41-23-11-15-27-45(41)47;45-39(46,23-27-55-25-21-35(29-55)41(37(53)57,31-13-5-1-6-14-31)32-15-7-2-8-16-32)43(49,50)44(51,52)40(47,48)24-28-56-26-22-36(30-56)42(38(54)58,33-17-9-3-10-18-33)34-19-11-4-12-20-34;1-38(2,25-23-37-32(39)29-15-6-7-16-30(29)33(37)40)24-11-10-20-36-21-18-27(19-22-36)42-34(41)35-31-17-9-8-14-28(31)26-12-4-3-5-13-26/h8-15,20-29H,3-7,16-19,30-37H2,1-2H3;1-20,35-36H,21-30H2,(H2,53,57)(H2,54,58);3-9,12-17,27H,10-11,18-25H2,1-2H3/p+1. The number of nitrogens with zero attached hydrogens (tertiary/aromatic N) is 7. The van der Waals surface area contributed by atoms with Gasteiger partial charge in [-0.25, -0.2) is 4.79 Å². The summed E-state index contributed by atoms with van der Waals surface area (Å²) in [4.78, 5) is 76.2. The maximum Gasteiger partial charge on any atom is 0.411 e. The second-order valence-corrected chi connectivity index (χ2v) is 41.8. The third-order valence-corrected chi connectivity index (χ3v) is 31.5. The molecule has 3 fully saturated rings. The first-order chi connectivity index (χ1) is 71.9. The van der Waals surface area contributed by atoms with Crippen LogP contribution < -0.4 is 16.8 Å². The average Bonchev–Trinajstić information content (AvgIpc) is 0.920. The van der Waals surface area contributed by atoms with E-state index in [9.17, 15) is 24.0 Å². The Bertz CT molecular complexity index is 5820. The van der Waals surface area contributed by atoms with E-state index >= 15 is 35.1 Å². The van der Waals surface area contributed by atoms with E-state index in [1.54, 1.807) is 146 Å². The number of hydrogen-bond donors (Lipinski definition) is 3. The molecular weight excluding hydrogens is 1890 g/mol. The highest BCUT2D eigenvalue weighted by molar-refractivity contribution is 6.21. The van der Waals surface area contributed by atoms with Gasteiger partial charge in [-0.1, -0.05) is 323 Å². The van der Waals surface area contributed by atoms with Gasteiger partial charge in [0.05, 0.1) is 50.5 Å². The molecule has 2 unspecified atom stereocenters. The lowest BCUT2D eigenvalue weighted by atomic mass is 9.64. The molecule has 0 spiro atoms. The minimum absolute atomic E-state index is 0.0377.